The second-order valence-corrected chi connectivity index (χ2v) is 17.0. The fraction of sp³-hybridized carbons (Fsp3) is 0.773. The molecule has 3 unspecified atom stereocenters. The maximum atomic E-state index is 12.7. The van der Waals surface area contributed by atoms with Gasteiger partial charge < -0.3 is 24.0 Å². The molecule has 0 aliphatic rings. The Kier molecular flexibility index (Phi) is 34.9. The highest BCUT2D eigenvalue weighted by Gasteiger charge is 2.27. The van der Waals surface area contributed by atoms with E-state index in [1.807, 2.05) is 39.4 Å². The summed E-state index contributed by atoms with van der Waals surface area (Å²) in [5.74, 6) is -0.868. The van der Waals surface area contributed by atoms with Crippen molar-refractivity contribution in [1.29, 1.82) is 0 Å². The number of likely N-dealkylation sites (N-methyl/N-ethyl adjacent to an activating group) is 1. The minimum Gasteiger partial charge on any atom is -0.462 e. The van der Waals surface area contributed by atoms with Crippen LogP contribution >= 0.6 is 7.82 Å². The number of rotatable bonds is 38. The number of quaternary nitrogens is 1. The van der Waals surface area contributed by atoms with E-state index in [-0.39, 0.29) is 32.2 Å². The molecule has 55 heavy (non-hydrogen) atoms. The average Bonchev–Trinajstić information content (AvgIpc) is 3.12. The number of phosphoric ester groups is 1. The normalized spacial score (nSPS) is 14.7. The van der Waals surface area contributed by atoms with E-state index in [4.69, 9.17) is 18.5 Å². The lowest BCUT2D eigenvalue weighted by Crippen LogP contribution is -2.37. The third-order valence-corrected chi connectivity index (χ3v) is 9.92. The van der Waals surface area contributed by atoms with Crippen LogP contribution in [-0.2, 0) is 32.7 Å². The van der Waals surface area contributed by atoms with E-state index in [0.29, 0.717) is 23.9 Å². The molecule has 0 aliphatic heterocycles. The molecule has 2 N–H and O–H groups in total. The topological polar surface area (TPSA) is 129 Å². The fourth-order valence-corrected chi connectivity index (χ4v) is 6.21. The molecule has 0 saturated heterocycles. The summed E-state index contributed by atoms with van der Waals surface area (Å²) < 4.78 is 34.2. The van der Waals surface area contributed by atoms with Crippen LogP contribution in [0.3, 0.4) is 0 Å². The van der Waals surface area contributed by atoms with Crippen molar-refractivity contribution in [2.75, 3.05) is 47.5 Å². The van der Waals surface area contributed by atoms with Crippen molar-refractivity contribution in [3.63, 3.8) is 0 Å². The standard InChI is InChI=1S/C44H80NO9P/c1-6-8-10-11-12-13-14-15-16-17-18-21-24-27-31-35-43(47)51-39-42(40-53-55(49,50)52-38-37-45(3,4)5)54-44(48)36-32-28-25-22-19-20-23-26-30-34-41(46)33-29-9-7-2/h12-13,15-16,23,26,30,34,41-42,46H,6-11,14,17-22,24-25,27-29,31-33,35-40H2,1-5H3/p+1/b13-12-,16-15-,26-23-,34-30+. The minimum absolute atomic E-state index is 0.0148. The van der Waals surface area contributed by atoms with E-state index in [0.717, 1.165) is 96.3 Å². The highest BCUT2D eigenvalue weighted by molar-refractivity contribution is 7.47. The Morgan fingerprint density at radius 1 is 0.655 bits per heavy atom. The van der Waals surface area contributed by atoms with Gasteiger partial charge in [0.25, 0.3) is 0 Å². The number of phosphoric acid groups is 1. The maximum Gasteiger partial charge on any atom is 0.472 e. The van der Waals surface area contributed by atoms with Gasteiger partial charge >= 0.3 is 19.8 Å². The molecule has 0 aromatic carbocycles. The SMILES string of the molecule is CCCCC/C=C\C/C=C\CCCCCCCC(=O)OCC(COP(=O)(O)OCC[N+](C)(C)C)OC(=O)CCCCCCC/C=C\C=C\C(O)CCCCC. The second-order valence-electron chi connectivity index (χ2n) is 15.6. The first kappa shape index (κ1) is 52.9. The molecule has 0 bridgehead atoms. The number of carbonyl (C=O) groups is 2. The van der Waals surface area contributed by atoms with E-state index in [1.165, 1.54) is 25.7 Å². The number of allylic oxidation sites excluding steroid dienone is 7. The largest absolute Gasteiger partial charge is 0.472 e. The Morgan fingerprint density at radius 2 is 1.20 bits per heavy atom. The van der Waals surface area contributed by atoms with E-state index in [1.54, 1.807) is 0 Å². The predicted molar refractivity (Wildman–Crippen MR) is 226 cm³/mol. The van der Waals surface area contributed by atoms with Crippen LogP contribution < -0.4 is 0 Å². The van der Waals surface area contributed by atoms with Gasteiger partial charge in [-0.2, -0.15) is 0 Å². The molecule has 0 saturated carbocycles. The Labute approximate surface area is 336 Å². The lowest BCUT2D eigenvalue weighted by molar-refractivity contribution is -0.870. The third-order valence-electron chi connectivity index (χ3n) is 8.94. The summed E-state index contributed by atoms with van der Waals surface area (Å²) in [6.45, 7) is 4.20. The number of hydrogen-bond acceptors (Lipinski definition) is 8. The van der Waals surface area contributed by atoms with Crippen LogP contribution in [0.25, 0.3) is 0 Å². The fourth-order valence-electron chi connectivity index (χ4n) is 5.47. The van der Waals surface area contributed by atoms with Crippen LogP contribution in [0.15, 0.2) is 48.6 Å². The molecule has 0 aromatic rings. The van der Waals surface area contributed by atoms with Crippen molar-refractivity contribution in [2.45, 2.75) is 174 Å². The van der Waals surface area contributed by atoms with Crippen LogP contribution in [-0.4, -0.2) is 86.1 Å². The molecule has 320 valence electrons. The van der Waals surface area contributed by atoms with Gasteiger partial charge in [0.15, 0.2) is 6.10 Å². The molecule has 0 rings (SSSR count). The molecule has 0 radical (unpaired) electrons. The third kappa shape index (κ3) is 39.9. The van der Waals surface area contributed by atoms with Gasteiger partial charge in [-0.3, -0.25) is 18.6 Å². The average molecular weight is 799 g/mol. The molecule has 0 heterocycles. The molecular weight excluding hydrogens is 717 g/mol. The molecular formula is C44H81NO9P+. The lowest BCUT2D eigenvalue weighted by Gasteiger charge is -2.24. The maximum absolute atomic E-state index is 12.7. The number of aliphatic hydroxyl groups is 1. The number of hydrogen-bond donors (Lipinski definition) is 2. The van der Waals surface area contributed by atoms with Crippen molar-refractivity contribution >= 4 is 19.8 Å². The molecule has 0 spiro atoms. The summed E-state index contributed by atoms with van der Waals surface area (Å²) >= 11 is 0. The van der Waals surface area contributed by atoms with Crippen molar-refractivity contribution in [1.82, 2.24) is 0 Å². The van der Waals surface area contributed by atoms with Crippen LogP contribution in [0, 0.1) is 0 Å². The molecule has 10 nitrogen and oxygen atoms in total. The summed E-state index contributed by atoms with van der Waals surface area (Å²) in [6, 6.07) is 0. The summed E-state index contributed by atoms with van der Waals surface area (Å²) in [7, 11) is 1.42. The van der Waals surface area contributed by atoms with Crippen molar-refractivity contribution < 1.29 is 47.2 Å². The summed E-state index contributed by atoms with van der Waals surface area (Å²) in [4.78, 5) is 35.3. The summed E-state index contributed by atoms with van der Waals surface area (Å²) in [5.41, 5.74) is 0. The zero-order chi connectivity index (χ0) is 40.9. The van der Waals surface area contributed by atoms with Gasteiger partial charge in [0.2, 0.25) is 0 Å². The Bertz CT molecular complexity index is 1100. The van der Waals surface area contributed by atoms with Gasteiger partial charge in [-0.05, 0) is 64.2 Å². The zero-order valence-corrected chi connectivity index (χ0v) is 36.4. The molecule has 0 amide bonds. The number of aliphatic hydroxyl groups excluding tert-OH is 1. The van der Waals surface area contributed by atoms with Crippen LogP contribution in [0.2, 0.25) is 0 Å². The van der Waals surface area contributed by atoms with E-state index >= 15 is 0 Å². The van der Waals surface area contributed by atoms with Gasteiger partial charge in [0.05, 0.1) is 33.9 Å². The number of carbonyl (C=O) groups excluding carboxylic acids is 2. The van der Waals surface area contributed by atoms with Crippen LogP contribution in [0.1, 0.15) is 162 Å². The highest BCUT2D eigenvalue weighted by Crippen LogP contribution is 2.43. The van der Waals surface area contributed by atoms with Crippen molar-refractivity contribution in [3.8, 4) is 0 Å². The number of nitrogens with zero attached hydrogens (tertiary/aromatic N) is 1. The van der Waals surface area contributed by atoms with E-state index < -0.39 is 32.5 Å². The van der Waals surface area contributed by atoms with Gasteiger partial charge in [0, 0.05) is 12.8 Å². The zero-order valence-electron chi connectivity index (χ0n) is 35.5. The van der Waals surface area contributed by atoms with E-state index in [2.05, 4.69) is 44.2 Å². The first-order chi connectivity index (χ1) is 26.4. The second kappa shape index (κ2) is 36.3. The first-order valence-electron chi connectivity index (χ1n) is 21.5. The van der Waals surface area contributed by atoms with Gasteiger partial charge in [-0.25, -0.2) is 4.57 Å². The smallest absolute Gasteiger partial charge is 0.462 e. The number of esters is 2. The lowest BCUT2D eigenvalue weighted by atomic mass is 10.1. The van der Waals surface area contributed by atoms with Gasteiger partial charge in [-0.1, -0.05) is 133 Å². The molecule has 0 fully saturated rings. The van der Waals surface area contributed by atoms with Crippen molar-refractivity contribution in [2.24, 2.45) is 0 Å². The molecule has 11 heteroatoms. The Hall–Kier alpha value is -2.07. The van der Waals surface area contributed by atoms with Crippen LogP contribution in [0.5, 0.6) is 0 Å². The van der Waals surface area contributed by atoms with Gasteiger partial charge in [-0.15, -0.1) is 0 Å². The van der Waals surface area contributed by atoms with E-state index in [9.17, 15) is 24.2 Å². The predicted octanol–water partition coefficient (Wildman–Crippen LogP) is 10.9. The van der Waals surface area contributed by atoms with Crippen LogP contribution in [0.4, 0.5) is 0 Å². The quantitative estimate of drug-likeness (QED) is 0.0157. The molecule has 3 atom stereocenters. The Morgan fingerprint density at radius 3 is 1.82 bits per heavy atom. The summed E-state index contributed by atoms with van der Waals surface area (Å²) in [6.07, 6.45) is 37.6. The molecule has 0 aromatic heterocycles. The highest BCUT2D eigenvalue weighted by atomic mass is 31.2. The number of ether oxygens (including phenoxy) is 2. The monoisotopic (exact) mass is 799 g/mol. The molecule has 0 aliphatic carbocycles. The summed E-state index contributed by atoms with van der Waals surface area (Å²) in [5, 5.41) is 9.93. The van der Waals surface area contributed by atoms with Gasteiger partial charge in [0.1, 0.15) is 19.8 Å². The van der Waals surface area contributed by atoms with Crippen molar-refractivity contribution in [3.05, 3.63) is 48.6 Å². The first-order valence-corrected chi connectivity index (χ1v) is 23.0. The minimum atomic E-state index is -4.39. The Balaban J connectivity index is 4.48. The number of unbranched alkanes of at least 4 members (excludes halogenated alkanes) is 15.